The molecule has 25 heavy (non-hydrogen) atoms. The van der Waals surface area contributed by atoms with Crippen molar-refractivity contribution in [3.05, 3.63) is 66.2 Å². The summed E-state index contributed by atoms with van der Waals surface area (Å²) in [6.07, 6.45) is 4.46. The second-order valence-electron chi connectivity index (χ2n) is 6.45. The highest BCUT2D eigenvalue weighted by Gasteiger charge is 2.17. The van der Waals surface area contributed by atoms with Gasteiger partial charge in [-0.05, 0) is 17.7 Å². The topological polar surface area (TPSA) is 37.2 Å². The molecule has 1 saturated heterocycles. The first-order chi connectivity index (χ1) is 12.4. The molecular formula is C20H23N5. The van der Waals surface area contributed by atoms with Crippen LogP contribution in [0.25, 0.3) is 17.1 Å². The molecule has 128 valence electrons. The number of nitrogens with zero attached hydrogens (tertiary/aromatic N) is 5. The van der Waals surface area contributed by atoms with E-state index in [1.54, 1.807) is 0 Å². The van der Waals surface area contributed by atoms with Crippen LogP contribution in [0, 0.1) is 0 Å². The lowest BCUT2D eigenvalue weighted by Crippen LogP contribution is -2.46. The quantitative estimate of drug-likeness (QED) is 0.719. The summed E-state index contributed by atoms with van der Waals surface area (Å²) < 4.78 is 2.00. The van der Waals surface area contributed by atoms with E-state index in [0.717, 1.165) is 50.4 Å². The highest BCUT2D eigenvalue weighted by atomic mass is 15.5. The monoisotopic (exact) mass is 333 g/mol. The number of hydrogen-bond donors (Lipinski definition) is 0. The summed E-state index contributed by atoms with van der Waals surface area (Å²) in [6.45, 7) is 6.13. The average molecular weight is 333 g/mol. The number of benzene rings is 2. The van der Waals surface area contributed by atoms with Crippen molar-refractivity contribution >= 4 is 17.1 Å². The van der Waals surface area contributed by atoms with Crippen molar-refractivity contribution in [2.24, 2.45) is 0 Å². The number of fused-ring (bicyclic) bond motifs is 1. The molecule has 0 saturated carbocycles. The van der Waals surface area contributed by atoms with E-state index in [9.17, 15) is 0 Å². The van der Waals surface area contributed by atoms with Crippen molar-refractivity contribution in [1.29, 1.82) is 0 Å². The predicted molar refractivity (Wildman–Crippen MR) is 101 cm³/mol. The third-order valence-electron chi connectivity index (χ3n) is 4.69. The Balaban J connectivity index is 1.28. The fourth-order valence-corrected chi connectivity index (χ4v) is 3.23. The van der Waals surface area contributed by atoms with Gasteiger partial charge in [-0.15, -0.1) is 5.10 Å². The second kappa shape index (κ2) is 7.59. The molecule has 1 aliphatic rings. The highest BCUT2D eigenvalue weighted by molar-refractivity contribution is 5.73. The summed E-state index contributed by atoms with van der Waals surface area (Å²) in [4.78, 5) is 4.94. The zero-order chi connectivity index (χ0) is 16.9. The number of aromatic nitrogens is 3. The maximum atomic E-state index is 4.29. The first kappa shape index (κ1) is 16.0. The molecule has 3 aromatic rings. The zero-order valence-corrected chi connectivity index (χ0v) is 14.3. The van der Waals surface area contributed by atoms with E-state index in [0.29, 0.717) is 0 Å². The van der Waals surface area contributed by atoms with Crippen molar-refractivity contribution in [3.63, 3.8) is 0 Å². The Labute approximate surface area is 148 Å². The SMILES string of the molecule is C(=Cc1ccccc1)CN1CCN(Cn2nnc3ccccc32)CC1. The molecule has 0 aliphatic carbocycles. The first-order valence-electron chi connectivity index (χ1n) is 8.83. The lowest BCUT2D eigenvalue weighted by molar-refractivity contribution is 0.112. The van der Waals surface area contributed by atoms with E-state index in [1.165, 1.54) is 5.56 Å². The minimum absolute atomic E-state index is 0.814. The summed E-state index contributed by atoms with van der Waals surface area (Å²) in [5.74, 6) is 0. The van der Waals surface area contributed by atoms with Crippen molar-refractivity contribution in [3.8, 4) is 0 Å². The minimum Gasteiger partial charge on any atom is -0.297 e. The van der Waals surface area contributed by atoms with Gasteiger partial charge >= 0.3 is 0 Å². The van der Waals surface area contributed by atoms with Crippen LogP contribution in [0.5, 0.6) is 0 Å². The highest BCUT2D eigenvalue weighted by Crippen LogP contribution is 2.11. The molecule has 5 heteroatoms. The van der Waals surface area contributed by atoms with Crippen LogP contribution < -0.4 is 0 Å². The van der Waals surface area contributed by atoms with Crippen LogP contribution >= 0.6 is 0 Å². The third kappa shape index (κ3) is 3.95. The van der Waals surface area contributed by atoms with E-state index < -0.39 is 0 Å². The average Bonchev–Trinajstić information content (AvgIpc) is 3.07. The van der Waals surface area contributed by atoms with Gasteiger partial charge in [0, 0.05) is 32.7 Å². The van der Waals surface area contributed by atoms with Gasteiger partial charge in [0.2, 0.25) is 0 Å². The smallest absolute Gasteiger partial charge is 0.113 e. The Kier molecular flexibility index (Phi) is 4.86. The van der Waals surface area contributed by atoms with Gasteiger partial charge in [0.05, 0.1) is 12.2 Å². The Hall–Kier alpha value is -2.50. The minimum atomic E-state index is 0.814. The zero-order valence-electron chi connectivity index (χ0n) is 14.3. The van der Waals surface area contributed by atoms with Gasteiger partial charge in [0.1, 0.15) is 5.52 Å². The van der Waals surface area contributed by atoms with Gasteiger partial charge in [0.15, 0.2) is 0 Å². The van der Waals surface area contributed by atoms with Gasteiger partial charge in [-0.3, -0.25) is 9.80 Å². The molecule has 0 atom stereocenters. The van der Waals surface area contributed by atoms with E-state index >= 15 is 0 Å². The van der Waals surface area contributed by atoms with Crippen LogP contribution in [0.4, 0.5) is 0 Å². The molecule has 2 heterocycles. The molecule has 0 amide bonds. The summed E-state index contributed by atoms with van der Waals surface area (Å²) in [7, 11) is 0. The van der Waals surface area contributed by atoms with E-state index in [4.69, 9.17) is 0 Å². The van der Waals surface area contributed by atoms with Gasteiger partial charge < -0.3 is 0 Å². The van der Waals surface area contributed by atoms with Gasteiger partial charge in [-0.2, -0.15) is 0 Å². The van der Waals surface area contributed by atoms with Crippen molar-refractivity contribution in [2.45, 2.75) is 6.67 Å². The normalized spacial score (nSPS) is 16.8. The molecule has 0 unspecified atom stereocenters. The van der Waals surface area contributed by atoms with Crippen LogP contribution in [-0.4, -0.2) is 57.5 Å². The summed E-state index contributed by atoms with van der Waals surface area (Å²) in [5, 5.41) is 8.53. The fourth-order valence-electron chi connectivity index (χ4n) is 3.23. The number of para-hydroxylation sites is 1. The molecule has 2 aromatic carbocycles. The second-order valence-corrected chi connectivity index (χ2v) is 6.45. The summed E-state index contributed by atoms with van der Waals surface area (Å²) in [6, 6.07) is 18.6. The molecule has 5 nitrogen and oxygen atoms in total. The van der Waals surface area contributed by atoms with Crippen LogP contribution in [0.1, 0.15) is 5.56 Å². The predicted octanol–water partition coefficient (Wildman–Crippen LogP) is 2.72. The van der Waals surface area contributed by atoms with Crippen LogP contribution in [0.2, 0.25) is 0 Å². The molecule has 4 rings (SSSR count). The molecular weight excluding hydrogens is 310 g/mol. The Bertz CT molecular complexity index is 831. The standard InChI is InChI=1S/C20H23N5/c1-2-7-18(8-3-1)9-6-12-23-13-15-24(16-14-23)17-25-20-11-5-4-10-19(20)21-22-25/h1-11H,12-17H2. The molecule has 0 N–H and O–H groups in total. The summed E-state index contributed by atoms with van der Waals surface area (Å²) in [5.41, 5.74) is 3.34. The molecule has 1 aromatic heterocycles. The lowest BCUT2D eigenvalue weighted by atomic mass is 10.2. The number of rotatable bonds is 5. The molecule has 1 fully saturated rings. The Morgan fingerprint density at radius 2 is 1.56 bits per heavy atom. The van der Waals surface area contributed by atoms with Gasteiger partial charge in [0.25, 0.3) is 0 Å². The van der Waals surface area contributed by atoms with Crippen LogP contribution in [0.3, 0.4) is 0 Å². The van der Waals surface area contributed by atoms with Crippen molar-refractivity contribution in [2.75, 3.05) is 32.7 Å². The van der Waals surface area contributed by atoms with Crippen LogP contribution in [-0.2, 0) is 6.67 Å². The fraction of sp³-hybridized carbons (Fsp3) is 0.300. The largest absolute Gasteiger partial charge is 0.297 e. The van der Waals surface area contributed by atoms with Crippen molar-refractivity contribution in [1.82, 2.24) is 24.8 Å². The Morgan fingerprint density at radius 1 is 0.840 bits per heavy atom. The summed E-state index contributed by atoms with van der Waals surface area (Å²) >= 11 is 0. The maximum absolute atomic E-state index is 4.29. The van der Waals surface area contributed by atoms with Crippen molar-refractivity contribution < 1.29 is 0 Å². The van der Waals surface area contributed by atoms with Gasteiger partial charge in [-0.25, -0.2) is 4.68 Å². The Morgan fingerprint density at radius 3 is 2.40 bits per heavy atom. The molecule has 0 radical (unpaired) electrons. The first-order valence-corrected chi connectivity index (χ1v) is 8.83. The van der Waals surface area contributed by atoms with Crippen LogP contribution in [0.15, 0.2) is 60.7 Å². The van der Waals surface area contributed by atoms with E-state index in [1.807, 2.05) is 22.9 Å². The number of piperazine rings is 1. The van der Waals surface area contributed by atoms with E-state index in [2.05, 4.69) is 68.7 Å². The lowest BCUT2D eigenvalue weighted by Gasteiger charge is -2.33. The maximum Gasteiger partial charge on any atom is 0.113 e. The number of hydrogen-bond acceptors (Lipinski definition) is 4. The molecule has 0 spiro atoms. The molecule has 1 aliphatic heterocycles. The van der Waals surface area contributed by atoms with E-state index in [-0.39, 0.29) is 0 Å². The third-order valence-corrected chi connectivity index (χ3v) is 4.69. The van der Waals surface area contributed by atoms with Gasteiger partial charge in [-0.1, -0.05) is 59.8 Å². The molecule has 0 bridgehead atoms.